The molecule has 0 aliphatic carbocycles. The molecule has 5 nitrogen and oxygen atoms in total. The minimum absolute atomic E-state index is 0.0906. The first kappa shape index (κ1) is 18.5. The Morgan fingerprint density at radius 1 is 1.15 bits per heavy atom. The molecule has 0 saturated carbocycles. The van der Waals surface area contributed by atoms with Crippen molar-refractivity contribution in [2.24, 2.45) is 0 Å². The van der Waals surface area contributed by atoms with E-state index in [-0.39, 0.29) is 6.61 Å². The number of carboxylic acid groups (broad SMARTS) is 1. The quantitative estimate of drug-likeness (QED) is 0.657. The fraction of sp³-hybridized carbons (Fsp3) is 0.158. The fourth-order valence-electron chi connectivity index (χ4n) is 2.38. The molecule has 0 aliphatic heterocycles. The van der Waals surface area contributed by atoms with Gasteiger partial charge in [-0.3, -0.25) is 4.40 Å². The number of halogens is 3. The van der Waals surface area contributed by atoms with E-state index in [4.69, 9.17) is 4.74 Å². The fourth-order valence-corrected chi connectivity index (χ4v) is 2.38. The van der Waals surface area contributed by atoms with Crippen molar-refractivity contribution >= 4 is 11.6 Å². The molecule has 0 radical (unpaired) electrons. The van der Waals surface area contributed by atoms with Crippen LogP contribution in [0.4, 0.5) is 13.2 Å². The molecule has 0 saturated heterocycles. The molecule has 1 aromatic carbocycles. The summed E-state index contributed by atoms with van der Waals surface area (Å²) < 4.78 is 44.6. The number of aliphatic carboxylic acids is 1. The second kappa shape index (κ2) is 7.51. The predicted octanol–water partition coefficient (Wildman–Crippen LogP) is 2.02. The number of carbonyl (C=O) groups excluding carboxylic acids is 1. The zero-order chi connectivity index (χ0) is 19.4. The molecule has 138 valence electrons. The van der Waals surface area contributed by atoms with E-state index in [9.17, 15) is 23.1 Å². The van der Waals surface area contributed by atoms with Crippen molar-refractivity contribution in [3.63, 3.8) is 0 Å². The lowest BCUT2D eigenvalue weighted by Crippen LogP contribution is -2.27. The van der Waals surface area contributed by atoms with E-state index in [1.54, 1.807) is 28.8 Å². The van der Waals surface area contributed by atoms with E-state index in [2.05, 4.69) is 16.8 Å². The van der Waals surface area contributed by atoms with Crippen LogP contribution in [0.25, 0.3) is 5.65 Å². The van der Waals surface area contributed by atoms with Crippen LogP contribution < -0.4 is 5.11 Å². The van der Waals surface area contributed by atoms with Crippen LogP contribution in [0.15, 0.2) is 48.7 Å². The molecule has 2 heterocycles. The van der Waals surface area contributed by atoms with Crippen molar-refractivity contribution in [1.29, 1.82) is 0 Å². The molecule has 8 heteroatoms. The topological polar surface area (TPSA) is 66.7 Å². The molecule has 0 bridgehead atoms. The second-order valence-corrected chi connectivity index (χ2v) is 5.53. The number of pyridine rings is 1. The van der Waals surface area contributed by atoms with Gasteiger partial charge in [-0.2, -0.15) is 13.2 Å². The van der Waals surface area contributed by atoms with E-state index in [0.29, 0.717) is 22.6 Å². The zero-order valence-corrected chi connectivity index (χ0v) is 13.8. The Labute approximate surface area is 152 Å². The Morgan fingerprint density at radius 2 is 1.89 bits per heavy atom. The van der Waals surface area contributed by atoms with E-state index < -0.39 is 24.3 Å². The number of alkyl halides is 3. The Bertz CT molecular complexity index is 1030. The molecule has 3 aromatic rings. The second-order valence-electron chi connectivity index (χ2n) is 5.53. The summed E-state index contributed by atoms with van der Waals surface area (Å²) in [6.45, 7) is -0.674. The van der Waals surface area contributed by atoms with E-state index in [1.807, 2.05) is 0 Å². The Morgan fingerprint density at radius 3 is 2.56 bits per heavy atom. The minimum Gasteiger partial charge on any atom is -0.548 e. The van der Waals surface area contributed by atoms with E-state index in [1.165, 1.54) is 12.1 Å². The third-order valence-electron chi connectivity index (χ3n) is 3.60. The normalized spacial score (nSPS) is 11.2. The highest BCUT2D eigenvalue weighted by atomic mass is 19.4. The van der Waals surface area contributed by atoms with Gasteiger partial charge in [-0.05, 0) is 42.3 Å². The first-order chi connectivity index (χ1) is 12.8. The molecular formula is C19H12F3N2O3-. The zero-order valence-electron chi connectivity index (χ0n) is 13.8. The number of rotatable bonds is 4. The van der Waals surface area contributed by atoms with Crippen LogP contribution in [0.1, 0.15) is 22.5 Å². The molecule has 0 unspecified atom stereocenters. The maximum atomic E-state index is 12.6. The third kappa shape index (κ3) is 4.46. The molecule has 3 rings (SSSR count). The number of nitrogens with zero attached hydrogens (tertiary/aromatic N) is 2. The number of imidazole rings is 1. The van der Waals surface area contributed by atoms with Crippen LogP contribution in [-0.2, 0) is 22.3 Å². The van der Waals surface area contributed by atoms with E-state index >= 15 is 0 Å². The van der Waals surface area contributed by atoms with Crippen molar-refractivity contribution < 1.29 is 27.8 Å². The van der Waals surface area contributed by atoms with Crippen LogP contribution in [0, 0.1) is 11.8 Å². The molecular weight excluding hydrogens is 361 g/mol. The highest BCUT2D eigenvalue weighted by Crippen LogP contribution is 2.29. The molecule has 0 N–H and O–H groups in total. The van der Waals surface area contributed by atoms with Gasteiger partial charge in [-0.25, -0.2) is 4.98 Å². The van der Waals surface area contributed by atoms with Gasteiger partial charge in [-0.15, -0.1) is 0 Å². The monoisotopic (exact) mass is 373 g/mol. The summed E-state index contributed by atoms with van der Waals surface area (Å²) in [6.07, 6.45) is -2.68. The van der Waals surface area contributed by atoms with Gasteiger partial charge in [0.2, 0.25) is 0 Å². The van der Waals surface area contributed by atoms with Crippen molar-refractivity contribution in [3.05, 3.63) is 71.2 Å². The highest BCUT2D eigenvalue weighted by molar-refractivity contribution is 5.65. The van der Waals surface area contributed by atoms with Crippen LogP contribution >= 0.6 is 0 Å². The van der Waals surface area contributed by atoms with Gasteiger partial charge in [0.05, 0.1) is 24.7 Å². The molecule has 27 heavy (non-hydrogen) atoms. The van der Waals surface area contributed by atoms with E-state index in [0.717, 1.165) is 12.1 Å². The number of hydrogen-bond acceptors (Lipinski definition) is 4. The number of hydrogen-bond donors (Lipinski definition) is 0. The molecule has 0 amide bonds. The molecule has 0 aliphatic rings. The number of benzene rings is 1. The highest BCUT2D eigenvalue weighted by Gasteiger charge is 2.29. The van der Waals surface area contributed by atoms with Gasteiger partial charge < -0.3 is 14.6 Å². The Hall–Kier alpha value is -3.31. The SMILES string of the molecule is O=C([O-])COCc1nc2ccccn2c1C#Cc1ccc(C(F)(F)F)cc1. The Kier molecular flexibility index (Phi) is 5.14. The molecule has 0 spiro atoms. The average molecular weight is 373 g/mol. The van der Waals surface area contributed by atoms with Crippen molar-refractivity contribution in [1.82, 2.24) is 9.38 Å². The lowest BCUT2D eigenvalue weighted by atomic mass is 10.1. The smallest absolute Gasteiger partial charge is 0.416 e. The lowest BCUT2D eigenvalue weighted by molar-refractivity contribution is -0.309. The molecule has 0 fully saturated rings. The summed E-state index contributed by atoms with van der Waals surface area (Å²) in [4.78, 5) is 14.8. The first-order valence-corrected chi connectivity index (χ1v) is 7.77. The number of aromatic nitrogens is 2. The first-order valence-electron chi connectivity index (χ1n) is 7.77. The predicted molar refractivity (Wildman–Crippen MR) is 87.3 cm³/mol. The standard InChI is InChI=1S/C19H13F3N2O3/c20-19(21,22)14-7-4-13(5-8-14)6-9-16-15(11-27-12-18(25)26)23-17-3-1-2-10-24(16)17/h1-5,7-8,10H,11-12H2,(H,25,26)/p-1. The number of carboxylic acids is 1. The van der Waals surface area contributed by atoms with Crippen molar-refractivity contribution in [3.8, 4) is 11.8 Å². The van der Waals surface area contributed by atoms with Crippen LogP contribution in [-0.4, -0.2) is 22.0 Å². The number of carbonyl (C=O) groups is 1. The third-order valence-corrected chi connectivity index (χ3v) is 3.60. The lowest BCUT2D eigenvalue weighted by Gasteiger charge is -2.05. The largest absolute Gasteiger partial charge is 0.548 e. The number of ether oxygens (including phenoxy) is 1. The summed E-state index contributed by atoms with van der Waals surface area (Å²) in [5, 5.41) is 10.5. The van der Waals surface area contributed by atoms with Gasteiger partial charge >= 0.3 is 6.18 Å². The summed E-state index contributed by atoms with van der Waals surface area (Å²) in [5.41, 5.74) is 1.11. The summed E-state index contributed by atoms with van der Waals surface area (Å²) in [7, 11) is 0. The number of fused-ring (bicyclic) bond motifs is 1. The maximum Gasteiger partial charge on any atom is 0.416 e. The summed E-state index contributed by atoms with van der Waals surface area (Å²) in [6, 6.07) is 9.78. The van der Waals surface area contributed by atoms with Crippen molar-refractivity contribution in [2.45, 2.75) is 12.8 Å². The summed E-state index contributed by atoms with van der Waals surface area (Å²) in [5.74, 6) is 4.32. The van der Waals surface area contributed by atoms with Gasteiger partial charge in [0.1, 0.15) is 17.0 Å². The van der Waals surface area contributed by atoms with Crippen LogP contribution in [0.2, 0.25) is 0 Å². The maximum absolute atomic E-state index is 12.6. The average Bonchev–Trinajstić information content (AvgIpc) is 2.97. The molecule has 0 atom stereocenters. The summed E-state index contributed by atoms with van der Waals surface area (Å²) >= 11 is 0. The molecule has 2 aromatic heterocycles. The van der Waals surface area contributed by atoms with Crippen molar-refractivity contribution in [2.75, 3.05) is 6.61 Å². The van der Waals surface area contributed by atoms with Crippen LogP contribution in [0.3, 0.4) is 0 Å². The van der Waals surface area contributed by atoms with Gasteiger partial charge in [0.15, 0.2) is 0 Å². The van der Waals surface area contributed by atoms with Gasteiger partial charge in [0.25, 0.3) is 0 Å². The van der Waals surface area contributed by atoms with Crippen LogP contribution in [0.5, 0.6) is 0 Å². The minimum atomic E-state index is -4.41. The van der Waals surface area contributed by atoms with Gasteiger partial charge in [-0.1, -0.05) is 12.0 Å². The Balaban J connectivity index is 1.92. The van der Waals surface area contributed by atoms with Gasteiger partial charge in [0, 0.05) is 11.8 Å².